The first-order valence-electron chi connectivity index (χ1n) is 8.65. The fourth-order valence-corrected chi connectivity index (χ4v) is 4.32. The number of benzene rings is 1. The van der Waals surface area contributed by atoms with Crippen LogP contribution in [0.4, 0.5) is 0 Å². The van der Waals surface area contributed by atoms with Gasteiger partial charge in [-0.25, -0.2) is 4.98 Å². The smallest absolute Gasteiger partial charge is 0.230 e. The molecule has 0 aliphatic carbocycles. The number of nitrogens with one attached hydrogen (secondary N) is 2. The Hall–Kier alpha value is -1.99. The summed E-state index contributed by atoms with van der Waals surface area (Å²) in [5, 5.41) is 5.91. The lowest BCUT2D eigenvalue weighted by Crippen LogP contribution is -2.32. The Labute approximate surface area is 161 Å². The normalized spacial score (nSPS) is 12.5. The summed E-state index contributed by atoms with van der Waals surface area (Å²) in [7, 11) is 0. The average molecular weight is 390 g/mol. The van der Waals surface area contributed by atoms with Gasteiger partial charge in [-0.3, -0.25) is 4.79 Å². The minimum atomic E-state index is 0.0116. The molecule has 0 saturated carbocycles. The molecule has 0 aliphatic heterocycles. The Morgan fingerprint density at radius 1 is 1.38 bits per heavy atom. The van der Waals surface area contributed by atoms with E-state index >= 15 is 0 Å². The van der Waals surface area contributed by atoms with Crippen LogP contribution in [0, 0.1) is 5.92 Å². The second-order valence-electron chi connectivity index (χ2n) is 6.25. The Morgan fingerprint density at radius 2 is 2.23 bits per heavy atom. The molecular formula is C19H23N3O2S2. The van der Waals surface area contributed by atoms with Crippen molar-refractivity contribution in [3.05, 3.63) is 40.6 Å². The number of thiophene rings is 1. The first kappa shape index (κ1) is 18.8. The topological polar surface area (TPSA) is 67.0 Å². The van der Waals surface area contributed by atoms with Gasteiger partial charge in [0.15, 0.2) is 5.16 Å². The first-order valence-corrected chi connectivity index (χ1v) is 10.5. The van der Waals surface area contributed by atoms with Gasteiger partial charge in [-0.15, -0.1) is 11.3 Å². The van der Waals surface area contributed by atoms with E-state index < -0.39 is 0 Å². The number of aromatic nitrogens is 2. The highest BCUT2D eigenvalue weighted by molar-refractivity contribution is 7.99. The number of rotatable bonds is 8. The lowest BCUT2D eigenvalue weighted by Gasteiger charge is -2.21. The molecule has 138 valence electrons. The molecule has 1 atom stereocenters. The van der Waals surface area contributed by atoms with Crippen LogP contribution in [0.3, 0.4) is 0 Å². The van der Waals surface area contributed by atoms with Crippen molar-refractivity contribution in [3.8, 4) is 5.75 Å². The number of carbonyl (C=O) groups is 1. The van der Waals surface area contributed by atoms with Gasteiger partial charge in [0.2, 0.25) is 5.91 Å². The first-order chi connectivity index (χ1) is 12.6. The predicted octanol–water partition coefficient (Wildman–Crippen LogP) is 4.63. The molecule has 7 heteroatoms. The van der Waals surface area contributed by atoms with E-state index in [-0.39, 0.29) is 11.9 Å². The predicted molar refractivity (Wildman–Crippen MR) is 108 cm³/mol. The number of amides is 1. The quantitative estimate of drug-likeness (QED) is 0.551. The van der Waals surface area contributed by atoms with Crippen molar-refractivity contribution < 1.29 is 9.53 Å². The molecule has 26 heavy (non-hydrogen) atoms. The van der Waals surface area contributed by atoms with Crippen LogP contribution < -0.4 is 10.1 Å². The summed E-state index contributed by atoms with van der Waals surface area (Å²) in [6, 6.07) is 9.89. The maximum Gasteiger partial charge on any atom is 0.230 e. The number of nitrogens with zero attached hydrogens (tertiary/aromatic N) is 1. The van der Waals surface area contributed by atoms with Crippen molar-refractivity contribution in [1.29, 1.82) is 0 Å². The maximum atomic E-state index is 12.4. The second-order valence-corrected chi connectivity index (χ2v) is 8.19. The molecule has 2 N–H and O–H groups in total. The number of carbonyl (C=O) groups excluding carboxylic acids is 1. The molecular weight excluding hydrogens is 366 g/mol. The number of aromatic amines is 1. The third kappa shape index (κ3) is 4.59. The van der Waals surface area contributed by atoms with E-state index in [2.05, 4.69) is 35.2 Å². The second kappa shape index (κ2) is 8.60. The van der Waals surface area contributed by atoms with Crippen LogP contribution in [0.1, 0.15) is 31.7 Å². The summed E-state index contributed by atoms with van der Waals surface area (Å²) in [6.07, 6.45) is 0. The van der Waals surface area contributed by atoms with E-state index in [4.69, 9.17) is 4.74 Å². The number of hydrogen-bond donors (Lipinski definition) is 2. The van der Waals surface area contributed by atoms with Crippen LogP contribution in [0.15, 0.2) is 40.9 Å². The molecule has 5 nitrogen and oxygen atoms in total. The van der Waals surface area contributed by atoms with Gasteiger partial charge in [-0.2, -0.15) is 0 Å². The molecule has 0 spiro atoms. The van der Waals surface area contributed by atoms with Crippen LogP contribution in [0.2, 0.25) is 0 Å². The van der Waals surface area contributed by atoms with Crippen molar-refractivity contribution in [1.82, 2.24) is 15.3 Å². The van der Waals surface area contributed by atoms with Gasteiger partial charge in [-0.1, -0.05) is 31.7 Å². The number of hydrogen-bond acceptors (Lipinski definition) is 5. The summed E-state index contributed by atoms with van der Waals surface area (Å²) >= 11 is 3.08. The van der Waals surface area contributed by atoms with Crippen LogP contribution in [0.5, 0.6) is 5.75 Å². The van der Waals surface area contributed by atoms with E-state index in [0.717, 1.165) is 21.9 Å². The van der Waals surface area contributed by atoms with Crippen LogP contribution in [-0.2, 0) is 4.79 Å². The number of thioether (sulfide) groups is 1. The average Bonchev–Trinajstić information content (AvgIpc) is 3.27. The van der Waals surface area contributed by atoms with E-state index in [0.29, 0.717) is 18.3 Å². The van der Waals surface area contributed by atoms with Gasteiger partial charge >= 0.3 is 0 Å². The van der Waals surface area contributed by atoms with Gasteiger partial charge in [0.05, 0.1) is 29.4 Å². The lowest BCUT2D eigenvalue weighted by molar-refractivity contribution is -0.119. The molecule has 2 heterocycles. The monoisotopic (exact) mass is 389 g/mol. The van der Waals surface area contributed by atoms with Crippen molar-refractivity contribution in [2.75, 3.05) is 12.4 Å². The molecule has 0 bridgehead atoms. The third-order valence-corrected chi connectivity index (χ3v) is 5.74. The number of ether oxygens (including phenoxy) is 1. The molecule has 1 amide bonds. The molecule has 0 fully saturated rings. The van der Waals surface area contributed by atoms with Crippen molar-refractivity contribution >= 4 is 40.0 Å². The van der Waals surface area contributed by atoms with Gasteiger partial charge in [0.25, 0.3) is 0 Å². The summed E-state index contributed by atoms with van der Waals surface area (Å²) in [6.45, 7) is 6.82. The zero-order chi connectivity index (χ0) is 18.5. The van der Waals surface area contributed by atoms with Crippen molar-refractivity contribution in [2.24, 2.45) is 5.92 Å². The Balaban J connectivity index is 1.61. The molecule has 3 rings (SSSR count). The molecule has 3 aromatic rings. The molecule has 1 aromatic carbocycles. The standard InChI is InChI=1S/C19H23N3O2S2/c1-4-24-13-7-8-14-15(10-13)21-19(20-14)26-11-17(23)22-18(12(2)3)16-6-5-9-25-16/h5-10,12,18H,4,11H2,1-3H3,(H,20,21)(H,22,23). The largest absolute Gasteiger partial charge is 0.494 e. The lowest BCUT2D eigenvalue weighted by atomic mass is 10.0. The maximum absolute atomic E-state index is 12.4. The molecule has 0 saturated heterocycles. The Morgan fingerprint density at radius 3 is 2.92 bits per heavy atom. The molecule has 0 radical (unpaired) electrons. The highest BCUT2D eigenvalue weighted by Crippen LogP contribution is 2.27. The summed E-state index contributed by atoms with van der Waals surface area (Å²) < 4.78 is 5.51. The van der Waals surface area contributed by atoms with E-state index in [1.54, 1.807) is 11.3 Å². The Kier molecular flexibility index (Phi) is 6.21. The van der Waals surface area contributed by atoms with Crippen molar-refractivity contribution in [2.45, 2.75) is 32.0 Å². The highest BCUT2D eigenvalue weighted by atomic mass is 32.2. The Bertz CT molecular complexity index is 859. The molecule has 1 unspecified atom stereocenters. The minimum Gasteiger partial charge on any atom is -0.494 e. The fraction of sp³-hybridized carbons (Fsp3) is 0.368. The summed E-state index contributed by atoms with van der Waals surface area (Å²) in [5.41, 5.74) is 1.78. The van der Waals surface area contributed by atoms with Gasteiger partial charge in [0, 0.05) is 10.9 Å². The number of H-pyrrole nitrogens is 1. The summed E-state index contributed by atoms with van der Waals surface area (Å²) in [5.74, 6) is 1.49. The minimum absolute atomic E-state index is 0.0116. The van der Waals surface area contributed by atoms with E-state index in [9.17, 15) is 4.79 Å². The summed E-state index contributed by atoms with van der Waals surface area (Å²) in [4.78, 5) is 21.3. The number of fused-ring (bicyclic) bond motifs is 1. The molecule has 2 aromatic heterocycles. The third-order valence-electron chi connectivity index (χ3n) is 3.92. The van der Waals surface area contributed by atoms with Gasteiger partial charge in [0.1, 0.15) is 5.75 Å². The SMILES string of the molecule is CCOc1ccc2nc(SCC(=O)NC(c3cccs3)C(C)C)[nH]c2c1. The number of imidazole rings is 1. The van der Waals surface area contributed by atoms with Gasteiger partial charge < -0.3 is 15.0 Å². The molecule has 0 aliphatic rings. The zero-order valence-electron chi connectivity index (χ0n) is 15.1. The van der Waals surface area contributed by atoms with Crippen LogP contribution in [0.25, 0.3) is 11.0 Å². The van der Waals surface area contributed by atoms with Crippen LogP contribution in [-0.4, -0.2) is 28.2 Å². The fourth-order valence-electron chi connectivity index (χ4n) is 2.67. The highest BCUT2D eigenvalue weighted by Gasteiger charge is 2.19. The zero-order valence-corrected chi connectivity index (χ0v) is 16.7. The van der Waals surface area contributed by atoms with Gasteiger partial charge in [-0.05, 0) is 36.4 Å². The van der Waals surface area contributed by atoms with Crippen LogP contribution >= 0.6 is 23.1 Å². The van der Waals surface area contributed by atoms with E-state index in [1.165, 1.54) is 16.6 Å². The van der Waals surface area contributed by atoms with E-state index in [1.807, 2.05) is 36.6 Å². The van der Waals surface area contributed by atoms with Crippen molar-refractivity contribution in [3.63, 3.8) is 0 Å².